The molecule has 2 aliphatic rings. The molecule has 2 aromatic rings. The summed E-state index contributed by atoms with van der Waals surface area (Å²) in [5.74, 6) is 1.13. The number of hydrogen-bond acceptors (Lipinski definition) is 3. The van der Waals surface area contributed by atoms with Crippen LogP contribution < -0.4 is 5.32 Å². The first-order valence-corrected chi connectivity index (χ1v) is 12.2. The van der Waals surface area contributed by atoms with Crippen molar-refractivity contribution in [2.24, 2.45) is 5.92 Å². The molecule has 156 valence electrons. The van der Waals surface area contributed by atoms with Gasteiger partial charge < -0.3 is 9.88 Å². The number of carbonyl (C=O) groups is 1. The van der Waals surface area contributed by atoms with Gasteiger partial charge >= 0.3 is 0 Å². The molecule has 0 spiro atoms. The quantitative estimate of drug-likeness (QED) is 0.561. The summed E-state index contributed by atoms with van der Waals surface area (Å²) in [7, 11) is 0. The van der Waals surface area contributed by atoms with Crippen molar-refractivity contribution in [2.75, 3.05) is 5.75 Å². The Balaban J connectivity index is 1.48. The molecule has 29 heavy (non-hydrogen) atoms. The lowest BCUT2D eigenvalue weighted by molar-refractivity contribution is -0.119. The normalized spacial score (nSPS) is 22.7. The third-order valence-corrected chi connectivity index (χ3v) is 7.60. The molecule has 6 heteroatoms. The molecule has 1 N–H and O–H groups in total. The third kappa shape index (κ3) is 5.00. The van der Waals surface area contributed by atoms with E-state index >= 15 is 0 Å². The molecule has 0 aliphatic heterocycles. The van der Waals surface area contributed by atoms with Gasteiger partial charge in [-0.05, 0) is 49.3 Å². The van der Waals surface area contributed by atoms with E-state index in [1.54, 1.807) is 11.8 Å². The van der Waals surface area contributed by atoms with E-state index in [9.17, 15) is 4.79 Å². The summed E-state index contributed by atoms with van der Waals surface area (Å²) in [4.78, 5) is 17.3. The summed E-state index contributed by atoms with van der Waals surface area (Å²) in [5.41, 5.74) is 2.25. The minimum atomic E-state index is 0.128. The Labute approximate surface area is 182 Å². The topological polar surface area (TPSA) is 46.9 Å². The summed E-state index contributed by atoms with van der Waals surface area (Å²) < 4.78 is 2.36. The highest BCUT2D eigenvalue weighted by molar-refractivity contribution is 7.99. The second-order valence-corrected chi connectivity index (χ2v) is 9.84. The van der Waals surface area contributed by atoms with Gasteiger partial charge in [0.25, 0.3) is 0 Å². The lowest BCUT2D eigenvalue weighted by Crippen LogP contribution is -2.41. The summed E-state index contributed by atoms with van der Waals surface area (Å²) in [6.07, 6.45) is 11.6. The average Bonchev–Trinajstić information content (AvgIpc) is 3.38. The van der Waals surface area contributed by atoms with Crippen LogP contribution in [0.1, 0.15) is 64.3 Å². The smallest absolute Gasteiger partial charge is 0.230 e. The van der Waals surface area contributed by atoms with Crippen LogP contribution >= 0.6 is 23.4 Å². The molecule has 1 amide bonds. The van der Waals surface area contributed by atoms with Gasteiger partial charge in [0, 0.05) is 17.1 Å². The first-order chi connectivity index (χ1) is 14.1. The molecule has 0 radical (unpaired) electrons. The van der Waals surface area contributed by atoms with Crippen LogP contribution in [0, 0.1) is 5.92 Å². The molecular weight excluding hydrogens is 402 g/mol. The first-order valence-electron chi connectivity index (χ1n) is 10.9. The predicted octanol–water partition coefficient (Wildman–Crippen LogP) is 6.11. The van der Waals surface area contributed by atoms with Gasteiger partial charge in [-0.3, -0.25) is 4.79 Å². The Kier molecular flexibility index (Phi) is 6.86. The van der Waals surface area contributed by atoms with E-state index < -0.39 is 0 Å². The van der Waals surface area contributed by atoms with Crippen molar-refractivity contribution in [2.45, 2.75) is 75.5 Å². The van der Waals surface area contributed by atoms with E-state index in [-0.39, 0.29) is 5.91 Å². The monoisotopic (exact) mass is 431 g/mol. The number of amides is 1. The number of imidazole rings is 1. The molecule has 0 unspecified atom stereocenters. The number of aromatic nitrogens is 2. The van der Waals surface area contributed by atoms with Crippen molar-refractivity contribution in [1.82, 2.24) is 14.9 Å². The molecular formula is C23H30ClN3OS. The van der Waals surface area contributed by atoms with Crippen molar-refractivity contribution in [1.29, 1.82) is 0 Å². The molecule has 2 saturated carbocycles. The fourth-order valence-electron chi connectivity index (χ4n) is 4.71. The van der Waals surface area contributed by atoms with Crippen LogP contribution in [0.25, 0.3) is 11.3 Å². The zero-order valence-electron chi connectivity index (χ0n) is 17.1. The molecule has 2 fully saturated rings. The summed E-state index contributed by atoms with van der Waals surface area (Å²) in [5, 5.41) is 4.95. The number of thioether (sulfide) groups is 1. The van der Waals surface area contributed by atoms with Gasteiger partial charge in [-0.25, -0.2) is 4.98 Å². The van der Waals surface area contributed by atoms with Crippen LogP contribution in [0.5, 0.6) is 0 Å². The molecule has 1 aromatic heterocycles. The number of halogens is 1. The Morgan fingerprint density at radius 1 is 1.14 bits per heavy atom. The van der Waals surface area contributed by atoms with E-state index in [0.717, 1.165) is 27.9 Å². The number of hydrogen-bond donors (Lipinski definition) is 1. The molecule has 0 saturated heterocycles. The van der Waals surface area contributed by atoms with Crippen LogP contribution in [0.3, 0.4) is 0 Å². The highest BCUT2D eigenvalue weighted by atomic mass is 35.5. The van der Waals surface area contributed by atoms with Crippen molar-refractivity contribution >= 4 is 29.3 Å². The lowest BCUT2D eigenvalue weighted by atomic mass is 9.86. The molecule has 0 bridgehead atoms. The number of nitrogens with zero attached hydrogens (tertiary/aromatic N) is 2. The highest BCUT2D eigenvalue weighted by Gasteiger charge is 2.25. The van der Waals surface area contributed by atoms with Crippen molar-refractivity contribution < 1.29 is 4.79 Å². The number of nitrogens with one attached hydrogen (secondary N) is 1. The maximum atomic E-state index is 12.6. The SMILES string of the molecule is C[C@H]1CCCC[C@H]1NC(=O)CSc1ncc(-c2ccc(Cl)cc2)n1C1CCCC1. The maximum absolute atomic E-state index is 12.6. The van der Waals surface area contributed by atoms with Crippen LogP contribution in [0.2, 0.25) is 5.02 Å². The molecule has 1 heterocycles. The van der Waals surface area contributed by atoms with Gasteiger partial charge in [0.15, 0.2) is 5.16 Å². The van der Waals surface area contributed by atoms with Gasteiger partial charge in [0.2, 0.25) is 5.91 Å². The zero-order chi connectivity index (χ0) is 20.2. The second-order valence-electron chi connectivity index (χ2n) is 8.47. The predicted molar refractivity (Wildman–Crippen MR) is 120 cm³/mol. The first kappa shape index (κ1) is 20.8. The Morgan fingerprint density at radius 3 is 2.55 bits per heavy atom. The largest absolute Gasteiger partial charge is 0.352 e. The average molecular weight is 432 g/mol. The zero-order valence-corrected chi connectivity index (χ0v) is 18.6. The van der Waals surface area contributed by atoms with Crippen molar-refractivity contribution in [3.8, 4) is 11.3 Å². The fourth-order valence-corrected chi connectivity index (χ4v) is 5.69. The van der Waals surface area contributed by atoms with E-state index in [4.69, 9.17) is 16.6 Å². The Hall–Kier alpha value is -1.46. The number of carbonyl (C=O) groups excluding carboxylic acids is 1. The van der Waals surface area contributed by atoms with Crippen molar-refractivity contribution in [3.63, 3.8) is 0 Å². The third-order valence-electron chi connectivity index (χ3n) is 6.38. The molecule has 4 rings (SSSR count). The standard InChI is InChI=1S/C23H30ClN3OS/c1-16-6-2-5-9-20(16)26-22(28)15-29-23-25-14-21(17-10-12-18(24)13-11-17)27(23)19-7-3-4-8-19/h10-14,16,19-20H,2-9,15H2,1H3,(H,26,28)/t16-,20+/m0/s1. The Morgan fingerprint density at radius 2 is 1.83 bits per heavy atom. The fraction of sp³-hybridized carbons (Fsp3) is 0.565. The lowest BCUT2D eigenvalue weighted by Gasteiger charge is -2.29. The van der Waals surface area contributed by atoms with Crippen LogP contribution in [0.4, 0.5) is 0 Å². The molecule has 1 aromatic carbocycles. The molecule has 4 nitrogen and oxygen atoms in total. The summed E-state index contributed by atoms with van der Waals surface area (Å²) >= 11 is 7.64. The van der Waals surface area contributed by atoms with Gasteiger partial charge in [-0.2, -0.15) is 0 Å². The van der Waals surface area contributed by atoms with E-state index in [1.807, 2.05) is 18.3 Å². The number of rotatable bonds is 6. The Bertz CT molecular complexity index is 829. The van der Waals surface area contributed by atoms with Crippen LogP contribution in [-0.2, 0) is 4.79 Å². The summed E-state index contributed by atoms with van der Waals surface area (Å²) in [6.45, 7) is 2.25. The van der Waals surface area contributed by atoms with E-state index in [1.165, 1.54) is 44.9 Å². The molecule has 2 atom stereocenters. The minimum Gasteiger partial charge on any atom is -0.352 e. The van der Waals surface area contributed by atoms with Crippen LogP contribution in [0.15, 0.2) is 35.6 Å². The van der Waals surface area contributed by atoms with Crippen molar-refractivity contribution in [3.05, 3.63) is 35.5 Å². The van der Waals surface area contributed by atoms with E-state index in [0.29, 0.717) is 23.8 Å². The van der Waals surface area contributed by atoms with E-state index in [2.05, 4.69) is 28.9 Å². The van der Waals surface area contributed by atoms with Crippen LogP contribution in [-0.4, -0.2) is 27.3 Å². The van der Waals surface area contributed by atoms with Gasteiger partial charge in [-0.1, -0.05) is 68.1 Å². The van der Waals surface area contributed by atoms with Gasteiger partial charge in [-0.15, -0.1) is 0 Å². The van der Waals surface area contributed by atoms with Gasteiger partial charge in [0.1, 0.15) is 0 Å². The van der Waals surface area contributed by atoms with Gasteiger partial charge in [0.05, 0.1) is 17.6 Å². The summed E-state index contributed by atoms with van der Waals surface area (Å²) in [6, 6.07) is 8.75. The highest BCUT2D eigenvalue weighted by Crippen LogP contribution is 2.37. The molecule has 2 aliphatic carbocycles. The minimum absolute atomic E-state index is 0.128. The number of benzene rings is 1. The maximum Gasteiger partial charge on any atom is 0.230 e. The second kappa shape index (κ2) is 9.57.